The first-order chi connectivity index (χ1) is 20.1. The molecule has 0 aromatic heterocycles. The van der Waals surface area contributed by atoms with Gasteiger partial charge in [-0.3, -0.25) is 9.59 Å². The molecule has 6 heteroatoms. The second-order valence-electron chi connectivity index (χ2n) is 11.7. The third kappa shape index (κ3) is 10.2. The largest absolute Gasteiger partial charge is 0.348 e. The molecule has 2 fully saturated rings. The number of amides is 1. The lowest BCUT2D eigenvalue weighted by Gasteiger charge is -2.44. The monoisotopic (exact) mass is 568 g/mol. The predicted molar refractivity (Wildman–Crippen MR) is 174 cm³/mol. The minimum Gasteiger partial charge on any atom is -0.348 e. The Morgan fingerprint density at radius 3 is 2.17 bits per heavy atom. The Balaban J connectivity index is 0.000000214. The molecule has 1 amide bonds. The van der Waals surface area contributed by atoms with Crippen LogP contribution in [0.5, 0.6) is 0 Å². The summed E-state index contributed by atoms with van der Waals surface area (Å²) in [6, 6.07) is 22.6. The average molecular weight is 569 g/mol. The topological polar surface area (TPSA) is 85.2 Å². The standard InChI is InChI=1S/C14H14.C12H13NO2.C7H13N3.C3H8/c1-14(9-10-14)13-8-4-6-11-5-2-3-7-12(11)13;1-3-12(15)13-8-10-6-4-5-7-11(10)9(2)14;1-7(3-9-2)4-10(5-7)6-8;1-3-2/h2-8H,9-10H2,1H3;3-7H,1,8H2,2H3,(H,13,15);9H,3-5H2,1-2H3;3H2,1-2H3. The average Bonchev–Trinajstić information content (AvgIpc) is 3.73. The van der Waals surface area contributed by atoms with Gasteiger partial charge in [-0.25, -0.2) is 0 Å². The molecule has 2 N–H and O–H groups in total. The summed E-state index contributed by atoms with van der Waals surface area (Å²) >= 11 is 0. The molecule has 1 aliphatic heterocycles. The lowest BCUT2D eigenvalue weighted by molar-refractivity contribution is -0.116. The number of nitrogens with zero attached hydrogens (tertiary/aromatic N) is 2. The molecule has 1 aliphatic carbocycles. The van der Waals surface area contributed by atoms with Gasteiger partial charge in [-0.2, -0.15) is 5.26 Å². The van der Waals surface area contributed by atoms with E-state index in [1.807, 2.05) is 19.2 Å². The number of hydrogen-bond acceptors (Lipinski definition) is 5. The van der Waals surface area contributed by atoms with E-state index < -0.39 is 0 Å². The van der Waals surface area contributed by atoms with Gasteiger partial charge in [0.25, 0.3) is 0 Å². The molecule has 2 aliphatic rings. The fourth-order valence-corrected chi connectivity index (χ4v) is 4.97. The molecule has 1 saturated carbocycles. The number of rotatable bonds is 7. The molecule has 1 heterocycles. The maximum Gasteiger partial charge on any atom is 0.243 e. The molecule has 0 spiro atoms. The number of Topliss-reactive ketones (excluding diaryl/α,β-unsaturated/α-hetero) is 1. The van der Waals surface area contributed by atoms with E-state index in [0.717, 1.165) is 25.2 Å². The molecule has 3 aromatic rings. The maximum atomic E-state index is 11.2. The number of benzene rings is 3. The Morgan fingerprint density at radius 2 is 1.60 bits per heavy atom. The second-order valence-corrected chi connectivity index (χ2v) is 11.7. The van der Waals surface area contributed by atoms with Gasteiger partial charge in [0, 0.05) is 37.2 Å². The molecule has 0 unspecified atom stereocenters. The number of carbonyl (C=O) groups is 2. The Kier molecular flexibility index (Phi) is 13.4. The molecule has 1 saturated heterocycles. The van der Waals surface area contributed by atoms with Crippen molar-refractivity contribution in [3.8, 4) is 6.19 Å². The molecule has 3 aromatic carbocycles. The number of hydrogen-bond donors (Lipinski definition) is 2. The molecular weight excluding hydrogens is 520 g/mol. The van der Waals surface area contributed by atoms with Crippen LogP contribution in [0.25, 0.3) is 10.8 Å². The van der Waals surface area contributed by atoms with Crippen LogP contribution in [0.4, 0.5) is 0 Å². The molecule has 0 radical (unpaired) electrons. The zero-order chi connectivity index (χ0) is 31.2. The van der Waals surface area contributed by atoms with Gasteiger partial charge < -0.3 is 15.5 Å². The fourth-order valence-electron chi connectivity index (χ4n) is 4.97. The van der Waals surface area contributed by atoms with Gasteiger partial charge >= 0.3 is 0 Å². The fraction of sp³-hybridized carbons (Fsp3) is 0.417. The first-order valence-corrected chi connectivity index (χ1v) is 14.8. The van der Waals surface area contributed by atoms with E-state index in [1.165, 1.54) is 48.6 Å². The first kappa shape index (κ1) is 34.3. The van der Waals surface area contributed by atoms with E-state index in [2.05, 4.69) is 93.6 Å². The van der Waals surface area contributed by atoms with E-state index in [4.69, 9.17) is 5.26 Å². The number of ketones is 1. The van der Waals surface area contributed by atoms with Crippen molar-refractivity contribution in [3.05, 3.63) is 96.1 Å². The summed E-state index contributed by atoms with van der Waals surface area (Å²) in [5, 5.41) is 17.0. The second kappa shape index (κ2) is 16.5. The third-order valence-corrected chi connectivity index (χ3v) is 7.37. The van der Waals surface area contributed by atoms with Crippen LogP contribution in [0.3, 0.4) is 0 Å². The van der Waals surface area contributed by atoms with Gasteiger partial charge in [-0.1, -0.05) is 107 Å². The Morgan fingerprint density at radius 1 is 1.00 bits per heavy atom. The third-order valence-electron chi connectivity index (χ3n) is 7.37. The number of nitriles is 1. The quantitative estimate of drug-likeness (QED) is 0.182. The van der Waals surface area contributed by atoms with Crippen molar-refractivity contribution < 1.29 is 9.59 Å². The summed E-state index contributed by atoms with van der Waals surface area (Å²) in [6.07, 6.45) is 7.27. The van der Waals surface area contributed by atoms with Crippen LogP contribution in [0.1, 0.15) is 75.4 Å². The van der Waals surface area contributed by atoms with Crippen LogP contribution in [0.2, 0.25) is 0 Å². The van der Waals surface area contributed by atoms with Crippen molar-refractivity contribution in [1.29, 1.82) is 5.26 Å². The highest BCUT2D eigenvalue weighted by molar-refractivity contribution is 5.95. The SMILES string of the molecule is C=CC(=O)NCc1ccccc1C(C)=O.CC1(c2cccc3ccccc23)CC1.CCC.CNCC1(C)CN(C#N)C1. The smallest absolute Gasteiger partial charge is 0.243 e. The highest BCUT2D eigenvalue weighted by atomic mass is 16.1. The van der Waals surface area contributed by atoms with E-state index in [0.29, 0.717) is 22.9 Å². The van der Waals surface area contributed by atoms with E-state index in [1.54, 1.807) is 17.0 Å². The van der Waals surface area contributed by atoms with Crippen LogP contribution in [-0.4, -0.2) is 43.3 Å². The molecule has 224 valence electrons. The van der Waals surface area contributed by atoms with Crippen LogP contribution >= 0.6 is 0 Å². The van der Waals surface area contributed by atoms with Gasteiger partial charge in [0.15, 0.2) is 12.0 Å². The zero-order valence-corrected chi connectivity index (χ0v) is 26.3. The van der Waals surface area contributed by atoms with Crippen molar-refractivity contribution in [2.24, 2.45) is 5.41 Å². The van der Waals surface area contributed by atoms with Crippen molar-refractivity contribution in [1.82, 2.24) is 15.5 Å². The molecular formula is C36H48N4O2. The summed E-state index contributed by atoms with van der Waals surface area (Å²) in [7, 11) is 1.94. The van der Waals surface area contributed by atoms with Crippen LogP contribution in [0.15, 0.2) is 79.4 Å². The number of nitrogens with one attached hydrogen (secondary N) is 2. The molecule has 5 rings (SSSR count). The Hall–Kier alpha value is -3.95. The van der Waals surface area contributed by atoms with Crippen LogP contribution < -0.4 is 10.6 Å². The van der Waals surface area contributed by atoms with Crippen LogP contribution in [0, 0.1) is 16.9 Å². The number of likely N-dealkylation sites (tertiary alicyclic amines) is 1. The normalized spacial score (nSPS) is 15.0. The van der Waals surface area contributed by atoms with Crippen molar-refractivity contribution in [3.63, 3.8) is 0 Å². The number of carbonyl (C=O) groups excluding carboxylic acids is 2. The lowest BCUT2D eigenvalue weighted by atomic mass is 9.82. The van der Waals surface area contributed by atoms with Gasteiger partial charge in [-0.15, -0.1) is 0 Å². The van der Waals surface area contributed by atoms with E-state index in [-0.39, 0.29) is 11.7 Å². The Bertz CT molecular complexity index is 1360. The van der Waals surface area contributed by atoms with Gasteiger partial charge in [-0.05, 0) is 60.2 Å². The molecule has 0 atom stereocenters. The summed E-state index contributed by atoms with van der Waals surface area (Å²) in [5.41, 5.74) is 3.81. The predicted octanol–water partition coefficient (Wildman–Crippen LogP) is 7.01. The minimum atomic E-state index is -0.242. The summed E-state index contributed by atoms with van der Waals surface area (Å²) in [6.45, 7) is 16.8. The van der Waals surface area contributed by atoms with Crippen molar-refractivity contribution >= 4 is 22.5 Å². The van der Waals surface area contributed by atoms with Gasteiger partial charge in [0.05, 0.1) is 0 Å². The summed E-state index contributed by atoms with van der Waals surface area (Å²) in [5.74, 6) is -0.244. The first-order valence-electron chi connectivity index (χ1n) is 14.8. The highest BCUT2D eigenvalue weighted by Gasteiger charge is 2.39. The molecule has 6 nitrogen and oxygen atoms in total. The highest BCUT2D eigenvalue weighted by Crippen LogP contribution is 2.49. The lowest BCUT2D eigenvalue weighted by Crippen LogP contribution is -2.56. The van der Waals surface area contributed by atoms with Gasteiger partial charge in [0.2, 0.25) is 5.91 Å². The molecule has 0 bridgehead atoms. The molecule has 42 heavy (non-hydrogen) atoms. The van der Waals surface area contributed by atoms with Crippen LogP contribution in [-0.2, 0) is 16.8 Å². The van der Waals surface area contributed by atoms with E-state index >= 15 is 0 Å². The zero-order valence-electron chi connectivity index (χ0n) is 26.3. The van der Waals surface area contributed by atoms with Crippen molar-refractivity contribution in [2.75, 3.05) is 26.7 Å². The number of fused-ring (bicyclic) bond motifs is 1. The maximum absolute atomic E-state index is 11.2. The van der Waals surface area contributed by atoms with Crippen molar-refractivity contribution in [2.45, 2.75) is 65.8 Å². The van der Waals surface area contributed by atoms with E-state index in [9.17, 15) is 9.59 Å². The summed E-state index contributed by atoms with van der Waals surface area (Å²) < 4.78 is 0. The summed E-state index contributed by atoms with van der Waals surface area (Å²) in [4.78, 5) is 24.0. The minimum absolute atomic E-state index is 0.00143. The Labute approximate surface area is 252 Å². The van der Waals surface area contributed by atoms with Gasteiger partial charge in [0.1, 0.15) is 0 Å².